The van der Waals surface area contributed by atoms with Crippen LogP contribution in [0.3, 0.4) is 0 Å². The third kappa shape index (κ3) is 8.39. The van der Waals surface area contributed by atoms with E-state index in [9.17, 15) is 4.79 Å². The molecule has 9 nitrogen and oxygen atoms in total. The Morgan fingerprint density at radius 1 is 1.10 bits per heavy atom. The Kier molecular flexibility index (Phi) is 9.97. The molecule has 3 heterocycles. The standard InChI is InChI=1S/C32H39N7O2/c1-2-31(40)39-17-15-38(16-18-39)14-7-12-34-27-20-25-21-28(23-27)36-32-35-13-10-30(37-32)26-8-6-9-29(22-26)41-19-5-3-4-11-33-24-25/h2-4,6,8-10,13,20-23,33-34H,1,5,7,11-12,14-19,24H2,(H,35,36,37)/b4-3+. The van der Waals surface area contributed by atoms with Gasteiger partial charge < -0.3 is 25.6 Å². The zero-order valence-electron chi connectivity index (χ0n) is 23.5. The molecule has 3 N–H and O–H groups in total. The summed E-state index contributed by atoms with van der Waals surface area (Å²) in [6, 6.07) is 16.4. The molecule has 1 saturated heterocycles. The first kappa shape index (κ1) is 28.3. The normalized spacial score (nSPS) is 16.8. The lowest BCUT2D eigenvalue weighted by atomic mass is 10.1. The molecule has 0 aliphatic carbocycles. The van der Waals surface area contributed by atoms with E-state index in [-0.39, 0.29) is 5.91 Å². The number of piperazine rings is 1. The molecule has 2 aromatic carbocycles. The second-order valence-electron chi connectivity index (χ2n) is 10.2. The van der Waals surface area contributed by atoms with Crippen LogP contribution in [0.1, 0.15) is 18.4 Å². The van der Waals surface area contributed by atoms with Gasteiger partial charge in [-0.05, 0) is 67.4 Å². The molecule has 0 spiro atoms. The molecule has 0 saturated carbocycles. The lowest BCUT2D eigenvalue weighted by molar-refractivity contribution is -0.127. The number of nitrogens with one attached hydrogen (secondary N) is 3. The average molecular weight is 554 g/mol. The Morgan fingerprint density at radius 3 is 2.88 bits per heavy atom. The minimum absolute atomic E-state index is 0.0243. The number of aromatic nitrogens is 2. The van der Waals surface area contributed by atoms with E-state index in [0.29, 0.717) is 12.6 Å². The molecule has 1 amide bonds. The van der Waals surface area contributed by atoms with Crippen molar-refractivity contribution >= 4 is 23.2 Å². The molecule has 2 aliphatic rings. The molecular weight excluding hydrogens is 514 g/mol. The van der Waals surface area contributed by atoms with Crippen molar-refractivity contribution in [1.29, 1.82) is 0 Å². The van der Waals surface area contributed by atoms with Gasteiger partial charge in [0.05, 0.1) is 12.3 Å². The lowest BCUT2D eigenvalue weighted by Gasteiger charge is -2.34. The zero-order chi connectivity index (χ0) is 28.3. The van der Waals surface area contributed by atoms with Crippen molar-refractivity contribution in [2.24, 2.45) is 0 Å². The van der Waals surface area contributed by atoms with Gasteiger partial charge in [0.1, 0.15) is 5.75 Å². The Hall–Kier alpha value is -4.21. The molecule has 1 fully saturated rings. The van der Waals surface area contributed by atoms with Gasteiger partial charge in [-0.1, -0.05) is 30.9 Å². The number of ether oxygens (including phenoxy) is 1. The largest absolute Gasteiger partial charge is 0.493 e. The van der Waals surface area contributed by atoms with Crippen LogP contribution in [0, 0.1) is 0 Å². The van der Waals surface area contributed by atoms with E-state index in [0.717, 1.165) is 93.6 Å². The van der Waals surface area contributed by atoms with Crippen molar-refractivity contribution in [2.45, 2.75) is 19.4 Å². The van der Waals surface area contributed by atoms with Crippen LogP contribution in [0.5, 0.6) is 5.75 Å². The quantitative estimate of drug-likeness (QED) is 0.234. The molecule has 1 aromatic heterocycles. The maximum Gasteiger partial charge on any atom is 0.246 e. The number of rotatable bonds is 6. The van der Waals surface area contributed by atoms with Crippen LogP contribution in [0.25, 0.3) is 11.3 Å². The van der Waals surface area contributed by atoms with Crippen molar-refractivity contribution in [3.63, 3.8) is 0 Å². The van der Waals surface area contributed by atoms with Gasteiger partial charge in [-0.25, -0.2) is 9.97 Å². The summed E-state index contributed by atoms with van der Waals surface area (Å²) in [6.07, 6.45) is 9.34. The van der Waals surface area contributed by atoms with Crippen LogP contribution in [-0.4, -0.2) is 78.1 Å². The zero-order valence-corrected chi connectivity index (χ0v) is 23.5. The molecule has 214 valence electrons. The molecule has 5 rings (SSSR count). The van der Waals surface area contributed by atoms with Gasteiger partial charge >= 0.3 is 0 Å². The van der Waals surface area contributed by atoms with Crippen molar-refractivity contribution in [1.82, 2.24) is 25.1 Å². The molecule has 0 atom stereocenters. The van der Waals surface area contributed by atoms with E-state index in [1.54, 1.807) is 6.20 Å². The molecule has 9 heteroatoms. The van der Waals surface area contributed by atoms with E-state index in [2.05, 4.69) is 62.8 Å². The summed E-state index contributed by atoms with van der Waals surface area (Å²) >= 11 is 0. The monoisotopic (exact) mass is 553 g/mol. The highest BCUT2D eigenvalue weighted by atomic mass is 16.5. The first-order valence-corrected chi connectivity index (χ1v) is 14.4. The summed E-state index contributed by atoms with van der Waals surface area (Å²) in [5, 5.41) is 10.5. The number of anilines is 3. The number of nitrogens with zero attached hydrogens (tertiary/aromatic N) is 4. The minimum atomic E-state index is 0.0243. The van der Waals surface area contributed by atoms with E-state index >= 15 is 0 Å². The third-order valence-electron chi connectivity index (χ3n) is 7.18. The predicted octanol–water partition coefficient (Wildman–Crippen LogP) is 4.45. The van der Waals surface area contributed by atoms with Crippen LogP contribution in [0.15, 0.2) is 79.5 Å². The van der Waals surface area contributed by atoms with Gasteiger partial charge in [-0.15, -0.1) is 0 Å². The SMILES string of the molecule is C=CC(=O)N1CCN(CCCNc2cc3cc(c2)Nc2nccc(n2)-c2cccc(c2)OCC/C=C/CNC3)CC1. The van der Waals surface area contributed by atoms with Crippen LogP contribution >= 0.6 is 0 Å². The summed E-state index contributed by atoms with van der Waals surface area (Å²) in [5.74, 6) is 1.40. The summed E-state index contributed by atoms with van der Waals surface area (Å²) in [6.45, 7) is 10.9. The number of carbonyl (C=O) groups excluding carboxylic acids is 1. The molecule has 6 bridgehead atoms. The second-order valence-corrected chi connectivity index (χ2v) is 10.2. The smallest absolute Gasteiger partial charge is 0.246 e. The number of carbonyl (C=O) groups is 1. The number of benzene rings is 2. The van der Waals surface area contributed by atoms with Gasteiger partial charge in [0.15, 0.2) is 0 Å². The molecular formula is C32H39N7O2. The van der Waals surface area contributed by atoms with E-state index in [1.807, 2.05) is 35.2 Å². The van der Waals surface area contributed by atoms with Crippen molar-refractivity contribution < 1.29 is 9.53 Å². The van der Waals surface area contributed by atoms with Crippen molar-refractivity contribution in [2.75, 3.05) is 63.1 Å². The lowest BCUT2D eigenvalue weighted by Crippen LogP contribution is -2.48. The first-order valence-electron chi connectivity index (χ1n) is 14.4. The fraction of sp³-hybridized carbons (Fsp3) is 0.344. The van der Waals surface area contributed by atoms with Crippen LogP contribution < -0.4 is 20.7 Å². The maximum absolute atomic E-state index is 11.8. The highest BCUT2D eigenvalue weighted by molar-refractivity contribution is 5.87. The van der Waals surface area contributed by atoms with E-state index in [4.69, 9.17) is 9.72 Å². The number of hydrogen-bond acceptors (Lipinski definition) is 8. The molecule has 2 aliphatic heterocycles. The Bertz CT molecular complexity index is 1350. The topological polar surface area (TPSA) is 94.7 Å². The predicted molar refractivity (Wildman–Crippen MR) is 164 cm³/mol. The van der Waals surface area contributed by atoms with Gasteiger partial charge in [-0.2, -0.15) is 0 Å². The Labute approximate surface area is 242 Å². The van der Waals surface area contributed by atoms with Crippen molar-refractivity contribution in [3.8, 4) is 17.0 Å². The summed E-state index contributed by atoms with van der Waals surface area (Å²) in [5.41, 5.74) is 4.97. The Balaban J connectivity index is 1.25. The number of fused-ring (bicyclic) bond motifs is 7. The van der Waals surface area contributed by atoms with Crippen LogP contribution in [0.2, 0.25) is 0 Å². The molecule has 0 unspecified atom stereocenters. The summed E-state index contributed by atoms with van der Waals surface area (Å²) < 4.78 is 5.94. The molecule has 0 radical (unpaired) electrons. The minimum Gasteiger partial charge on any atom is -0.493 e. The van der Waals surface area contributed by atoms with Gasteiger partial charge in [0, 0.05) is 68.9 Å². The third-order valence-corrected chi connectivity index (χ3v) is 7.18. The highest BCUT2D eigenvalue weighted by Crippen LogP contribution is 2.25. The number of hydrogen-bond donors (Lipinski definition) is 3. The second kappa shape index (κ2) is 14.4. The maximum atomic E-state index is 11.8. The van der Waals surface area contributed by atoms with Crippen LogP contribution in [0.4, 0.5) is 17.3 Å². The van der Waals surface area contributed by atoms with Crippen molar-refractivity contribution in [3.05, 3.63) is 85.1 Å². The average Bonchev–Trinajstić information content (AvgIpc) is 3.00. The molecule has 3 aromatic rings. The summed E-state index contributed by atoms with van der Waals surface area (Å²) in [7, 11) is 0. The van der Waals surface area contributed by atoms with Gasteiger partial charge in [-0.3, -0.25) is 9.69 Å². The fourth-order valence-electron chi connectivity index (χ4n) is 5.02. The highest BCUT2D eigenvalue weighted by Gasteiger charge is 2.18. The first-order chi connectivity index (χ1) is 20.2. The fourth-order valence-corrected chi connectivity index (χ4v) is 5.02. The van der Waals surface area contributed by atoms with Gasteiger partial charge in [0.2, 0.25) is 11.9 Å². The van der Waals surface area contributed by atoms with E-state index < -0.39 is 0 Å². The van der Waals surface area contributed by atoms with Crippen LogP contribution in [-0.2, 0) is 11.3 Å². The van der Waals surface area contributed by atoms with Gasteiger partial charge in [0.25, 0.3) is 0 Å². The number of amides is 1. The van der Waals surface area contributed by atoms with E-state index in [1.165, 1.54) is 11.6 Å². The summed E-state index contributed by atoms with van der Waals surface area (Å²) in [4.78, 5) is 25.4. The molecule has 41 heavy (non-hydrogen) atoms. The Morgan fingerprint density at radius 2 is 2.00 bits per heavy atom.